The van der Waals surface area contributed by atoms with E-state index in [4.69, 9.17) is 41.7 Å². The minimum atomic E-state index is -4.47. The number of nitrogens with one attached hydrogen (secondary N) is 2. The van der Waals surface area contributed by atoms with Crippen molar-refractivity contribution >= 4 is 36.9 Å². The molecule has 3 rings (SSSR count). The molecule has 1 aromatic heterocycles. The maximum absolute atomic E-state index is 15.5. The zero-order chi connectivity index (χ0) is 29.0. The van der Waals surface area contributed by atoms with Crippen molar-refractivity contribution in [2.24, 2.45) is 0 Å². The van der Waals surface area contributed by atoms with Crippen LogP contribution in [0.25, 0.3) is 0 Å². The van der Waals surface area contributed by atoms with E-state index in [1.165, 1.54) is 25.1 Å². The fourth-order valence-electron chi connectivity index (χ4n) is 3.63. The van der Waals surface area contributed by atoms with Gasteiger partial charge in [-0.05, 0) is 38.5 Å². The number of aromatic nitrogens is 2. The number of rotatable bonds is 12. The Balaban J connectivity index is 1.82. The van der Waals surface area contributed by atoms with Crippen LogP contribution in [-0.4, -0.2) is 57.8 Å². The number of esters is 1. The molecule has 12 nitrogen and oxygen atoms in total. The number of carbonyl (C=O) groups excluding carboxylic acids is 1. The van der Waals surface area contributed by atoms with Gasteiger partial charge in [-0.2, -0.15) is 5.09 Å². The van der Waals surface area contributed by atoms with Gasteiger partial charge in [-0.1, -0.05) is 36.5 Å². The molecule has 1 fully saturated rings. The molecule has 1 saturated heterocycles. The third-order valence-corrected chi connectivity index (χ3v) is 7.95. The van der Waals surface area contributed by atoms with Gasteiger partial charge in [-0.3, -0.25) is 23.7 Å². The molecule has 0 bridgehead atoms. The van der Waals surface area contributed by atoms with Crippen molar-refractivity contribution in [2.45, 2.75) is 63.8 Å². The molecule has 39 heavy (non-hydrogen) atoms. The average molecular weight is 612 g/mol. The van der Waals surface area contributed by atoms with Crippen molar-refractivity contribution in [3.63, 3.8) is 0 Å². The van der Waals surface area contributed by atoms with Crippen molar-refractivity contribution < 1.29 is 37.4 Å². The lowest BCUT2D eigenvalue weighted by Crippen LogP contribution is -2.43. The van der Waals surface area contributed by atoms with Gasteiger partial charge in [-0.15, -0.1) is 0 Å². The fraction of sp³-hybridized carbons (Fsp3) is 0.522. The number of benzene rings is 1. The Labute approximate surface area is 232 Å². The SMILES string of the molecule is CCCCOC(=O)[C@H](C)NP(=O)(OC[C@H]1O[C@@H](n2ccc(=O)[nH]c2=O)C(C)(F)[C@@H]1O)Oc1ccc(Cl)cc1Cl. The van der Waals surface area contributed by atoms with E-state index in [0.29, 0.717) is 6.42 Å². The highest BCUT2D eigenvalue weighted by Gasteiger charge is 2.56. The molecule has 1 aliphatic rings. The average Bonchev–Trinajstić information content (AvgIpc) is 3.08. The van der Waals surface area contributed by atoms with E-state index in [1.54, 1.807) is 0 Å². The van der Waals surface area contributed by atoms with Crippen LogP contribution in [0.15, 0.2) is 40.1 Å². The summed E-state index contributed by atoms with van der Waals surface area (Å²) in [6.07, 6.45) is -2.53. The van der Waals surface area contributed by atoms with Gasteiger partial charge in [0.25, 0.3) is 5.56 Å². The van der Waals surface area contributed by atoms with Gasteiger partial charge >= 0.3 is 19.4 Å². The number of hydrogen-bond donors (Lipinski definition) is 3. The quantitative estimate of drug-likeness (QED) is 0.184. The summed E-state index contributed by atoms with van der Waals surface area (Å²) in [4.78, 5) is 37.9. The normalized spacial score (nSPS) is 25.2. The highest BCUT2D eigenvalue weighted by atomic mass is 35.5. The number of aliphatic hydroxyl groups is 1. The number of aromatic amines is 1. The summed E-state index contributed by atoms with van der Waals surface area (Å²) < 4.78 is 51.7. The molecule has 3 N–H and O–H groups in total. The Morgan fingerprint density at radius 1 is 1.36 bits per heavy atom. The monoisotopic (exact) mass is 611 g/mol. The maximum atomic E-state index is 15.5. The smallest absolute Gasteiger partial charge is 0.459 e. The summed E-state index contributed by atoms with van der Waals surface area (Å²) in [6.45, 7) is 3.73. The number of ether oxygens (including phenoxy) is 2. The Hall–Kier alpha value is -2.25. The van der Waals surface area contributed by atoms with Crippen LogP contribution in [0, 0.1) is 0 Å². The van der Waals surface area contributed by atoms with Crippen molar-refractivity contribution in [3.05, 3.63) is 61.3 Å². The van der Waals surface area contributed by atoms with E-state index in [2.05, 4.69) is 5.09 Å². The minimum absolute atomic E-state index is 0.0164. The zero-order valence-corrected chi connectivity index (χ0v) is 23.7. The topological polar surface area (TPSA) is 158 Å². The number of nitrogens with zero attached hydrogens (tertiary/aromatic N) is 1. The largest absolute Gasteiger partial charge is 0.465 e. The highest BCUT2D eigenvalue weighted by molar-refractivity contribution is 7.52. The molecule has 1 aliphatic heterocycles. The van der Waals surface area contributed by atoms with E-state index in [-0.39, 0.29) is 22.4 Å². The van der Waals surface area contributed by atoms with Crippen LogP contribution >= 0.6 is 30.9 Å². The van der Waals surface area contributed by atoms with E-state index in [9.17, 15) is 24.1 Å². The van der Waals surface area contributed by atoms with Crippen molar-refractivity contribution in [3.8, 4) is 5.75 Å². The molecule has 0 spiro atoms. The van der Waals surface area contributed by atoms with Gasteiger partial charge in [0.1, 0.15) is 24.0 Å². The van der Waals surface area contributed by atoms with Gasteiger partial charge in [0, 0.05) is 17.3 Å². The summed E-state index contributed by atoms with van der Waals surface area (Å²) in [6, 6.07) is 3.88. The van der Waals surface area contributed by atoms with Crippen LogP contribution in [0.4, 0.5) is 4.39 Å². The second-order valence-electron chi connectivity index (χ2n) is 8.97. The number of hydrogen-bond acceptors (Lipinski definition) is 9. The molecular formula is C23H29Cl2FN3O9P. The molecule has 0 radical (unpaired) electrons. The minimum Gasteiger partial charge on any atom is -0.465 e. The van der Waals surface area contributed by atoms with Gasteiger partial charge in [-0.25, -0.2) is 13.8 Å². The third kappa shape index (κ3) is 7.69. The van der Waals surface area contributed by atoms with E-state index in [0.717, 1.165) is 30.2 Å². The zero-order valence-electron chi connectivity index (χ0n) is 21.3. The fourth-order valence-corrected chi connectivity index (χ4v) is 5.66. The predicted octanol–water partition coefficient (Wildman–Crippen LogP) is 3.36. The molecule has 2 unspecified atom stereocenters. The molecule has 16 heteroatoms. The number of carbonyl (C=O) groups is 1. The standard InChI is InChI=1S/C23H29Cl2FN3O9P/c1-4-5-10-35-20(32)13(2)28-39(34,38-16-7-6-14(24)11-15(16)25)36-12-17-19(31)23(3,26)21(37-17)29-9-8-18(30)27-22(29)33/h6-9,11,13,17,19,21,31H,4-5,10,12H2,1-3H3,(H,28,34)(H,27,30,33)/t13-,17+,19+,21+,23?,39?/m0/s1. The molecule has 216 valence electrons. The van der Waals surface area contributed by atoms with Gasteiger partial charge in [0.05, 0.1) is 18.2 Å². The first kappa shape index (κ1) is 31.3. The van der Waals surface area contributed by atoms with Crippen LogP contribution < -0.4 is 20.9 Å². The summed E-state index contributed by atoms with van der Waals surface area (Å²) >= 11 is 12.1. The van der Waals surface area contributed by atoms with Crippen molar-refractivity contribution in [1.82, 2.24) is 14.6 Å². The summed E-state index contributed by atoms with van der Waals surface area (Å²) in [7, 11) is -4.47. The van der Waals surface area contributed by atoms with Crippen LogP contribution in [0.1, 0.15) is 39.8 Å². The molecule has 2 heterocycles. The van der Waals surface area contributed by atoms with E-state index in [1.807, 2.05) is 11.9 Å². The molecule has 0 aliphatic carbocycles. The number of halogens is 3. The molecule has 2 aromatic rings. The van der Waals surface area contributed by atoms with Crippen LogP contribution in [0.3, 0.4) is 0 Å². The van der Waals surface area contributed by atoms with E-state index < -0.39 is 61.7 Å². The lowest BCUT2D eigenvalue weighted by atomic mass is 9.98. The highest BCUT2D eigenvalue weighted by Crippen LogP contribution is 2.49. The molecular weight excluding hydrogens is 583 g/mol. The first-order valence-corrected chi connectivity index (χ1v) is 14.2. The predicted molar refractivity (Wildman–Crippen MR) is 140 cm³/mol. The van der Waals surface area contributed by atoms with Crippen molar-refractivity contribution in [1.29, 1.82) is 0 Å². The first-order valence-electron chi connectivity index (χ1n) is 11.9. The second-order valence-corrected chi connectivity index (χ2v) is 11.5. The maximum Gasteiger partial charge on any atom is 0.459 e. The Kier molecular flexibility index (Phi) is 10.4. The first-order chi connectivity index (χ1) is 18.3. The Morgan fingerprint density at radius 2 is 2.08 bits per heavy atom. The van der Waals surface area contributed by atoms with Crippen LogP contribution in [0.2, 0.25) is 10.0 Å². The van der Waals surface area contributed by atoms with Gasteiger partial charge in [0.2, 0.25) is 0 Å². The molecule has 0 saturated carbocycles. The number of H-pyrrole nitrogens is 1. The van der Waals surface area contributed by atoms with Crippen molar-refractivity contribution in [2.75, 3.05) is 13.2 Å². The molecule has 6 atom stereocenters. The van der Waals surface area contributed by atoms with Gasteiger partial charge < -0.3 is 19.1 Å². The van der Waals surface area contributed by atoms with Gasteiger partial charge in [0.15, 0.2) is 11.9 Å². The second kappa shape index (κ2) is 12.9. The lowest BCUT2D eigenvalue weighted by molar-refractivity contribution is -0.145. The summed E-state index contributed by atoms with van der Waals surface area (Å²) in [5, 5.41) is 13.3. The Bertz CT molecular complexity index is 1340. The summed E-state index contributed by atoms with van der Waals surface area (Å²) in [5.74, 6) is -0.839. The lowest BCUT2D eigenvalue weighted by Gasteiger charge is -2.25. The Morgan fingerprint density at radius 3 is 2.72 bits per heavy atom. The van der Waals surface area contributed by atoms with Crippen LogP contribution in [-0.2, 0) is 23.4 Å². The molecule has 1 aromatic carbocycles. The number of alkyl halides is 1. The number of aliphatic hydroxyl groups excluding tert-OH is 1. The van der Waals surface area contributed by atoms with E-state index >= 15 is 4.39 Å². The van der Waals surface area contributed by atoms with Crippen LogP contribution in [0.5, 0.6) is 5.75 Å². The molecule has 0 amide bonds. The number of unbranched alkanes of at least 4 members (excludes halogenated alkanes) is 1. The summed E-state index contributed by atoms with van der Waals surface area (Å²) in [5.41, 5.74) is -4.19. The third-order valence-electron chi connectivity index (χ3n) is 5.79.